The molecule has 1 aromatic carbocycles. The fourth-order valence-electron chi connectivity index (χ4n) is 2.69. The average molecular weight is 545 g/mol. The third-order valence-electron chi connectivity index (χ3n) is 4.30. The van der Waals surface area contributed by atoms with Crippen LogP contribution in [0.5, 0.6) is 5.75 Å². The lowest BCUT2D eigenvalue weighted by Gasteiger charge is -2.18. The van der Waals surface area contributed by atoms with E-state index in [9.17, 15) is 0 Å². The van der Waals surface area contributed by atoms with Crippen LogP contribution in [0.15, 0.2) is 33.8 Å². The Balaban J connectivity index is 0.00000480. The molecule has 0 saturated heterocycles. The number of nitrogens with one attached hydrogen (secondary N) is 2. The van der Waals surface area contributed by atoms with Crippen molar-refractivity contribution in [3.05, 3.63) is 41.5 Å². The largest absolute Gasteiger partial charge is 0.493 e. The maximum atomic E-state index is 5.75. The summed E-state index contributed by atoms with van der Waals surface area (Å²) in [5.41, 5.74) is 1.14. The SMILES string of the molecule is CCNC(=NCc1nc(C(C)OCC)no1)NC(C)c1ccc(OCC(C)C)cc1.I. The van der Waals surface area contributed by atoms with Gasteiger partial charge in [-0.1, -0.05) is 31.1 Å². The van der Waals surface area contributed by atoms with Crippen molar-refractivity contribution in [1.29, 1.82) is 0 Å². The second-order valence-electron chi connectivity index (χ2n) is 7.48. The van der Waals surface area contributed by atoms with E-state index < -0.39 is 0 Å². The first-order valence-corrected chi connectivity index (χ1v) is 10.6. The summed E-state index contributed by atoms with van der Waals surface area (Å²) in [5, 5.41) is 10.6. The van der Waals surface area contributed by atoms with Gasteiger partial charge in [-0.2, -0.15) is 4.98 Å². The molecule has 0 aliphatic rings. The lowest BCUT2D eigenvalue weighted by molar-refractivity contribution is 0.0683. The van der Waals surface area contributed by atoms with Crippen molar-refractivity contribution in [3.63, 3.8) is 0 Å². The molecule has 0 amide bonds. The van der Waals surface area contributed by atoms with Gasteiger partial charge in [0.2, 0.25) is 5.89 Å². The van der Waals surface area contributed by atoms with E-state index in [2.05, 4.69) is 58.7 Å². The Bertz CT molecular complexity index is 780. The van der Waals surface area contributed by atoms with Crippen LogP contribution in [-0.2, 0) is 11.3 Å². The number of ether oxygens (including phenoxy) is 2. The fraction of sp³-hybridized carbons (Fsp3) is 0.591. The molecule has 1 heterocycles. The third kappa shape index (κ3) is 9.42. The van der Waals surface area contributed by atoms with Crippen molar-refractivity contribution in [3.8, 4) is 5.75 Å². The molecule has 0 radical (unpaired) electrons. The van der Waals surface area contributed by atoms with Crippen LogP contribution in [0.25, 0.3) is 0 Å². The van der Waals surface area contributed by atoms with Crippen molar-refractivity contribution >= 4 is 29.9 Å². The lowest BCUT2D eigenvalue weighted by atomic mass is 10.1. The Hall–Kier alpha value is -1.88. The molecular weight excluding hydrogens is 509 g/mol. The van der Waals surface area contributed by atoms with Crippen LogP contribution in [0.4, 0.5) is 0 Å². The first-order chi connectivity index (χ1) is 14.4. The van der Waals surface area contributed by atoms with Crippen LogP contribution in [0, 0.1) is 5.92 Å². The number of aliphatic imine (C=N–C) groups is 1. The van der Waals surface area contributed by atoms with Gasteiger partial charge in [0.25, 0.3) is 0 Å². The summed E-state index contributed by atoms with van der Waals surface area (Å²) < 4.78 is 16.5. The lowest BCUT2D eigenvalue weighted by Crippen LogP contribution is -2.38. The van der Waals surface area contributed by atoms with Gasteiger partial charge < -0.3 is 24.6 Å². The van der Waals surface area contributed by atoms with Crippen molar-refractivity contribution in [1.82, 2.24) is 20.8 Å². The second-order valence-corrected chi connectivity index (χ2v) is 7.48. The number of benzene rings is 1. The predicted molar refractivity (Wildman–Crippen MR) is 133 cm³/mol. The summed E-state index contributed by atoms with van der Waals surface area (Å²) in [4.78, 5) is 8.93. The topological polar surface area (TPSA) is 93.8 Å². The van der Waals surface area contributed by atoms with E-state index >= 15 is 0 Å². The zero-order chi connectivity index (χ0) is 21.9. The highest BCUT2D eigenvalue weighted by Crippen LogP contribution is 2.18. The van der Waals surface area contributed by atoms with Gasteiger partial charge in [-0.3, -0.25) is 0 Å². The van der Waals surface area contributed by atoms with E-state index in [1.54, 1.807) is 0 Å². The molecule has 0 spiro atoms. The number of hydrogen-bond acceptors (Lipinski definition) is 6. The number of aromatic nitrogens is 2. The molecule has 2 rings (SSSR count). The van der Waals surface area contributed by atoms with E-state index in [0.29, 0.717) is 36.8 Å². The van der Waals surface area contributed by atoms with Crippen molar-refractivity contribution in [2.75, 3.05) is 19.8 Å². The molecule has 0 fully saturated rings. The molecule has 174 valence electrons. The Morgan fingerprint density at radius 3 is 2.45 bits per heavy atom. The molecule has 1 aromatic heterocycles. The first kappa shape index (κ1) is 27.2. The maximum Gasteiger partial charge on any atom is 0.248 e. The van der Waals surface area contributed by atoms with E-state index in [4.69, 9.17) is 14.0 Å². The average Bonchev–Trinajstić information content (AvgIpc) is 3.20. The van der Waals surface area contributed by atoms with Crippen LogP contribution >= 0.6 is 24.0 Å². The highest BCUT2D eigenvalue weighted by Gasteiger charge is 2.14. The zero-order valence-corrected chi connectivity index (χ0v) is 21.7. The molecule has 0 saturated carbocycles. The molecule has 2 atom stereocenters. The summed E-state index contributed by atoms with van der Waals surface area (Å²) >= 11 is 0. The summed E-state index contributed by atoms with van der Waals surface area (Å²) in [6.07, 6.45) is -0.199. The monoisotopic (exact) mass is 545 g/mol. The summed E-state index contributed by atoms with van der Waals surface area (Å²) in [6.45, 7) is 14.6. The van der Waals surface area contributed by atoms with Gasteiger partial charge in [0.1, 0.15) is 18.4 Å². The molecule has 0 aliphatic heterocycles. The van der Waals surface area contributed by atoms with E-state index in [1.165, 1.54) is 0 Å². The van der Waals surface area contributed by atoms with Gasteiger partial charge >= 0.3 is 0 Å². The third-order valence-corrected chi connectivity index (χ3v) is 4.30. The van der Waals surface area contributed by atoms with Crippen LogP contribution in [-0.4, -0.2) is 35.9 Å². The molecule has 8 nitrogen and oxygen atoms in total. The van der Waals surface area contributed by atoms with Gasteiger partial charge in [0, 0.05) is 13.2 Å². The standard InChI is InChI=1S/C22H35N5O3.HI/c1-7-23-22(24-13-20-26-21(27-30-20)17(6)28-8-2)25-16(5)18-9-11-19(12-10-18)29-14-15(3)4;/h9-12,15-17H,7-8,13-14H2,1-6H3,(H2,23,24,25);1H. The molecule has 31 heavy (non-hydrogen) atoms. The fourth-order valence-corrected chi connectivity index (χ4v) is 2.69. The van der Waals surface area contributed by atoms with Crippen LogP contribution in [0.2, 0.25) is 0 Å². The summed E-state index contributed by atoms with van der Waals surface area (Å²) in [5.74, 6) is 3.05. The minimum absolute atomic E-state index is 0. The highest BCUT2D eigenvalue weighted by atomic mass is 127. The number of nitrogens with zero attached hydrogens (tertiary/aromatic N) is 3. The molecule has 2 N–H and O–H groups in total. The van der Waals surface area contributed by atoms with Crippen molar-refractivity contribution < 1.29 is 14.0 Å². The van der Waals surface area contributed by atoms with Crippen LogP contribution in [0.1, 0.15) is 71.0 Å². The molecule has 0 aliphatic carbocycles. The minimum atomic E-state index is -0.199. The Morgan fingerprint density at radius 1 is 1.13 bits per heavy atom. The van der Waals surface area contributed by atoms with Gasteiger partial charge in [-0.15, -0.1) is 24.0 Å². The molecule has 2 aromatic rings. The van der Waals surface area contributed by atoms with Crippen LogP contribution in [0.3, 0.4) is 0 Å². The highest BCUT2D eigenvalue weighted by molar-refractivity contribution is 14.0. The Labute approximate surface area is 202 Å². The van der Waals surface area contributed by atoms with Gasteiger partial charge in [0.15, 0.2) is 11.8 Å². The molecule has 0 bridgehead atoms. The van der Waals surface area contributed by atoms with Gasteiger partial charge in [-0.25, -0.2) is 4.99 Å². The number of guanidine groups is 1. The molecule has 2 unspecified atom stereocenters. The minimum Gasteiger partial charge on any atom is -0.493 e. The van der Waals surface area contributed by atoms with Crippen molar-refractivity contribution in [2.24, 2.45) is 10.9 Å². The summed E-state index contributed by atoms with van der Waals surface area (Å²) in [6, 6.07) is 8.20. The Kier molecular flexibility index (Phi) is 12.5. The van der Waals surface area contributed by atoms with E-state index in [-0.39, 0.29) is 42.7 Å². The van der Waals surface area contributed by atoms with Crippen LogP contribution < -0.4 is 15.4 Å². The quantitative estimate of drug-likeness (QED) is 0.242. The van der Waals surface area contributed by atoms with E-state index in [1.807, 2.05) is 32.9 Å². The van der Waals surface area contributed by atoms with Gasteiger partial charge in [0.05, 0.1) is 12.6 Å². The normalized spacial score (nSPS) is 13.5. The Morgan fingerprint density at radius 2 is 1.84 bits per heavy atom. The second kappa shape index (κ2) is 14.2. The maximum absolute atomic E-state index is 5.75. The first-order valence-electron chi connectivity index (χ1n) is 10.6. The number of halogens is 1. The van der Waals surface area contributed by atoms with E-state index in [0.717, 1.165) is 17.9 Å². The summed E-state index contributed by atoms with van der Waals surface area (Å²) in [7, 11) is 0. The number of hydrogen-bond donors (Lipinski definition) is 2. The molecular formula is C22H36IN5O3. The van der Waals surface area contributed by atoms with Gasteiger partial charge in [-0.05, 0) is 51.3 Å². The van der Waals surface area contributed by atoms with Crippen molar-refractivity contribution in [2.45, 2.75) is 60.2 Å². The molecule has 9 heteroatoms. The number of rotatable bonds is 11. The zero-order valence-electron chi connectivity index (χ0n) is 19.3. The predicted octanol–water partition coefficient (Wildman–Crippen LogP) is 4.64. The smallest absolute Gasteiger partial charge is 0.248 e.